The number of hydrogen-bond acceptors (Lipinski definition) is 8. The van der Waals surface area contributed by atoms with Gasteiger partial charge in [0.15, 0.2) is 0 Å². The van der Waals surface area contributed by atoms with E-state index in [-0.39, 0.29) is 19.0 Å². The molecule has 3 rings (SSSR count). The van der Waals surface area contributed by atoms with E-state index >= 15 is 0 Å². The Morgan fingerprint density at radius 3 is 2.92 bits per heavy atom. The fraction of sp³-hybridized carbons (Fsp3) is 0.625. The normalized spacial score (nSPS) is 25.1. The van der Waals surface area contributed by atoms with Crippen molar-refractivity contribution >= 4 is 24.0 Å². The summed E-state index contributed by atoms with van der Waals surface area (Å²) in [6, 6.07) is 1.81. The molecule has 0 saturated carbocycles. The molecular weight excluding hydrogens is 342 g/mol. The first-order valence-corrected chi connectivity index (χ1v) is 8.53. The highest BCUT2D eigenvalue weighted by Crippen LogP contribution is 2.38. The van der Waals surface area contributed by atoms with Crippen molar-refractivity contribution in [2.75, 3.05) is 43.0 Å². The topological polar surface area (TPSA) is 148 Å². The first kappa shape index (κ1) is 19.9. The maximum Gasteiger partial charge on any atom is 0.290 e. The first-order chi connectivity index (χ1) is 12.6. The second kappa shape index (κ2) is 9.30. The van der Waals surface area contributed by atoms with E-state index in [1.807, 2.05) is 11.0 Å². The number of carboxylic acid groups (broad SMARTS) is 1. The molecule has 1 aromatic heterocycles. The molecule has 2 saturated heterocycles. The molecule has 144 valence electrons. The van der Waals surface area contributed by atoms with Gasteiger partial charge >= 0.3 is 0 Å². The number of nitrogens with zero attached hydrogens (tertiary/aromatic N) is 3. The SMILES string of the molecule is O=C1NCCC[C@]12CN(c1cc(NCCO)ncn1)CC[C@H]2O.O=CO. The summed E-state index contributed by atoms with van der Waals surface area (Å²) in [7, 11) is 0. The summed E-state index contributed by atoms with van der Waals surface area (Å²) in [5, 5.41) is 32.1. The number of carbonyl (C=O) groups excluding carboxylic acids is 1. The van der Waals surface area contributed by atoms with Gasteiger partial charge in [-0.2, -0.15) is 0 Å². The van der Waals surface area contributed by atoms with Crippen LogP contribution in [0.15, 0.2) is 12.4 Å². The molecular formula is C16H25N5O5. The fourth-order valence-corrected chi connectivity index (χ4v) is 3.44. The van der Waals surface area contributed by atoms with Crippen molar-refractivity contribution in [2.45, 2.75) is 25.4 Å². The third kappa shape index (κ3) is 4.38. The molecule has 1 spiro atoms. The average Bonchev–Trinajstić information content (AvgIpc) is 2.65. The van der Waals surface area contributed by atoms with Crippen molar-refractivity contribution in [3.63, 3.8) is 0 Å². The zero-order valence-electron chi connectivity index (χ0n) is 14.5. The highest BCUT2D eigenvalue weighted by Gasteiger charge is 2.50. The van der Waals surface area contributed by atoms with Gasteiger partial charge in [-0.15, -0.1) is 0 Å². The number of hydrogen-bond donors (Lipinski definition) is 5. The molecule has 0 aromatic carbocycles. The molecule has 3 heterocycles. The highest BCUT2D eigenvalue weighted by molar-refractivity contribution is 5.85. The number of amides is 1. The number of carbonyl (C=O) groups is 2. The van der Waals surface area contributed by atoms with Crippen molar-refractivity contribution < 1.29 is 24.9 Å². The zero-order chi connectivity index (χ0) is 19.0. The number of aliphatic hydroxyl groups is 2. The molecule has 0 aliphatic carbocycles. The fourth-order valence-electron chi connectivity index (χ4n) is 3.44. The third-order valence-electron chi connectivity index (χ3n) is 4.72. The van der Waals surface area contributed by atoms with Crippen LogP contribution in [0.5, 0.6) is 0 Å². The van der Waals surface area contributed by atoms with Crippen molar-refractivity contribution in [3.05, 3.63) is 12.4 Å². The van der Waals surface area contributed by atoms with Crippen molar-refractivity contribution in [3.8, 4) is 0 Å². The van der Waals surface area contributed by atoms with Crippen LogP contribution in [-0.4, -0.2) is 76.6 Å². The van der Waals surface area contributed by atoms with Gasteiger partial charge in [0, 0.05) is 32.2 Å². The summed E-state index contributed by atoms with van der Waals surface area (Å²) in [5.41, 5.74) is -0.750. The Morgan fingerprint density at radius 1 is 1.46 bits per heavy atom. The summed E-state index contributed by atoms with van der Waals surface area (Å²) in [4.78, 5) is 31.2. The molecule has 2 aliphatic heterocycles. The predicted molar refractivity (Wildman–Crippen MR) is 93.8 cm³/mol. The highest BCUT2D eigenvalue weighted by atomic mass is 16.3. The Labute approximate surface area is 151 Å². The third-order valence-corrected chi connectivity index (χ3v) is 4.72. The summed E-state index contributed by atoms with van der Waals surface area (Å²) < 4.78 is 0. The molecule has 0 unspecified atom stereocenters. The van der Waals surface area contributed by atoms with Crippen LogP contribution in [0, 0.1) is 5.41 Å². The Morgan fingerprint density at radius 2 is 2.23 bits per heavy atom. The van der Waals surface area contributed by atoms with Crippen LogP contribution < -0.4 is 15.5 Å². The standard InChI is InChI=1S/C15H23N5O3.CH2O2/c21-7-5-16-12-8-13(19-10-18-12)20-6-2-11(22)15(9-20)3-1-4-17-14(15)23;2-1-3/h8,10-11,21-22H,1-7,9H2,(H,17,23)(H,16,18,19);1H,(H,2,3)/t11-,15-;/m1./s1. The zero-order valence-corrected chi connectivity index (χ0v) is 14.5. The average molecular weight is 367 g/mol. The van der Waals surface area contributed by atoms with Gasteiger partial charge in [0.25, 0.3) is 6.47 Å². The number of nitrogens with one attached hydrogen (secondary N) is 2. The van der Waals surface area contributed by atoms with E-state index < -0.39 is 11.5 Å². The van der Waals surface area contributed by atoms with Crippen LogP contribution in [0.25, 0.3) is 0 Å². The van der Waals surface area contributed by atoms with Crippen LogP contribution in [0.4, 0.5) is 11.6 Å². The lowest BCUT2D eigenvalue weighted by Crippen LogP contribution is -2.61. The maximum absolute atomic E-state index is 12.4. The van der Waals surface area contributed by atoms with E-state index in [1.54, 1.807) is 0 Å². The largest absolute Gasteiger partial charge is 0.483 e. The lowest BCUT2D eigenvalue weighted by molar-refractivity contribution is -0.142. The molecule has 1 aromatic rings. The Bertz CT molecular complexity index is 616. The molecule has 10 nitrogen and oxygen atoms in total. The lowest BCUT2D eigenvalue weighted by Gasteiger charge is -2.47. The smallest absolute Gasteiger partial charge is 0.290 e. The van der Waals surface area contributed by atoms with E-state index in [1.165, 1.54) is 6.33 Å². The molecule has 1 amide bonds. The van der Waals surface area contributed by atoms with Gasteiger partial charge in [0.1, 0.15) is 18.0 Å². The second-order valence-corrected chi connectivity index (χ2v) is 6.26. The maximum atomic E-state index is 12.4. The molecule has 2 aliphatic rings. The lowest BCUT2D eigenvalue weighted by atomic mass is 9.71. The Hall–Kier alpha value is -2.46. The monoisotopic (exact) mass is 367 g/mol. The van der Waals surface area contributed by atoms with Crippen molar-refractivity contribution in [1.82, 2.24) is 15.3 Å². The van der Waals surface area contributed by atoms with E-state index in [0.717, 1.165) is 12.2 Å². The van der Waals surface area contributed by atoms with Gasteiger partial charge in [-0.05, 0) is 19.3 Å². The van der Waals surface area contributed by atoms with E-state index in [4.69, 9.17) is 15.0 Å². The Balaban J connectivity index is 0.000000758. The molecule has 0 radical (unpaired) electrons. The van der Waals surface area contributed by atoms with Gasteiger partial charge in [-0.3, -0.25) is 9.59 Å². The van der Waals surface area contributed by atoms with E-state index in [0.29, 0.717) is 44.8 Å². The Kier molecular flexibility index (Phi) is 7.10. The predicted octanol–water partition coefficient (Wildman–Crippen LogP) is -0.951. The minimum absolute atomic E-state index is 0.0263. The minimum Gasteiger partial charge on any atom is -0.483 e. The van der Waals surface area contributed by atoms with Crippen LogP contribution in [0.2, 0.25) is 0 Å². The minimum atomic E-state index is -0.750. The van der Waals surface area contributed by atoms with Gasteiger partial charge in [-0.25, -0.2) is 9.97 Å². The quantitative estimate of drug-likeness (QED) is 0.425. The van der Waals surface area contributed by atoms with E-state index in [9.17, 15) is 9.90 Å². The van der Waals surface area contributed by atoms with Gasteiger partial charge < -0.3 is 30.9 Å². The summed E-state index contributed by atoms with van der Waals surface area (Å²) in [5.74, 6) is 1.30. The number of rotatable bonds is 4. The van der Waals surface area contributed by atoms with Crippen molar-refractivity contribution in [2.24, 2.45) is 5.41 Å². The second-order valence-electron chi connectivity index (χ2n) is 6.26. The van der Waals surface area contributed by atoms with Crippen LogP contribution in [0.3, 0.4) is 0 Å². The molecule has 2 atom stereocenters. The molecule has 0 bridgehead atoms. The number of piperidine rings is 2. The summed E-state index contributed by atoms with van der Waals surface area (Å²) in [6.45, 7) is 1.97. The molecule has 26 heavy (non-hydrogen) atoms. The summed E-state index contributed by atoms with van der Waals surface area (Å²) >= 11 is 0. The van der Waals surface area contributed by atoms with Gasteiger partial charge in [0.2, 0.25) is 5.91 Å². The first-order valence-electron chi connectivity index (χ1n) is 8.53. The molecule has 5 N–H and O–H groups in total. The molecule has 2 fully saturated rings. The van der Waals surface area contributed by atoms with E-state index in [2.05, 4.69) is 20.6 Å². The van der Waals surface area contributed by atoms with Gasteiger partial charge in [-0.1, -0.05) is 0 Å². The number of aromatic nitrogens is 2. The van der Waals surface area contributed by atoms with Crippen molar-refractivity contribution in [1.29, 1.82) is 0 Å². The van der Waals surface area contributed by atoms with Gasteiger partial charge in [0.05, 0.1) is 18.1 Å². The number of anilines is 2. The molecule has 10 heteroatoms. The number of aliphatic hydroxyl groups excluding tert-OH is 2. The van der Waals surface area contributed by atoms with Crippen LogP contribution in [0.1, 0.15) is 19.3 Å². The van der Waals surface area contributed by atoms with Crippen LogP contribution >= 0.6 is 0 Å². The van der Waals surface area contributed by atoms with Crippen LogP contribution in [-0.2, 0) is 9.59 Å². The summed E-state index contributed by atoms with van der Waals surface area (Å²) in [6.07, 6.45) is 2.96.